The molecule has 0 unspecified atom stereocenters. The summed E-state index contributed by atoms with van der Waals surface area (Å²) in [5.74, 6) is 2.49. The minimum absolute atomic E-state index is 0.257. The van der Waals surface area contributed by atoms with Crippen molar-refractivity contribution in [2.75, 3.05) is 13.1 Å². The topological polar surface area (TPSA) is 48.4 Å². The van der Waals surface area contributed by atoms with Crippen LogP contribution < -0.4 is 4.74 Å². The standard InChI is InChI=1S/C21H26N4O2S/c1-15-6-7-16(2)19(13-15)27-17-8-10-24(11-9-17)14-25-21(28)23(3)20(22-25)18-5-4-12-26-18/h4-7,12-13,17H,8-11,14H2,1-3H3. The number of rotatable bonds is 5. The highest BCUT2D eigenvalue weighted by molar-refractivity contribution is 7.71. The molecule has 1 fully saturated rings. The van der Waals surface area contributed by atoms with Gasteiger partial charge >= 0.3 is 0 Å². The van der Waals surface area contributed by atoms with Crippen molar-refractivity contribution in [3.05, 3.63) is 52.5 Å². The zero-order chi connectivity index (χ0) is 19.7. The van der Waals surface area contributed by atoms with Gasteiger partial charge in [0.25, 0.3) is 0 Å². The highest BCUT2D eigenvalue weighted by Gasteiger charge is 2.22. The first kappa shape index (κ1) is 19.0. The minimum atomic E-state index is 0.257. The van der Waals surface area contributed by atoms with Crippen LogP contribution in [0.25, 0.3) is 11.6 Å². The van der Waals surface area contributed by atoms with Crippen LogP contribution in [0.1, 0.15) is 24.0 Å². The minimum Gasteiger partial charge on any atom is -0.490 e. The Morgan fingerprint density at radius 3 is 2.71 bits per heavy atom. The predicted octanol–water partition coefficient (Wildman–Crippen LogP) is 4.33. The largest absolute Gasteiger partial charge is 0.490 e. The first-order valence-electron chi connectivity index (χ1n) is 9.65. The number of hydrogen-bond donors (Lipinski definition) is 0. The predicted molar refractivity (Wildman–Crippen MR) is 111 cm³/mol. The van der Waals surface area contributed by atoms with Crippen molar-refractivity contribution in [1.29, 1.82) is 0 Å². The number of furan rings is 1. The van der Waals surface area contributed by atoms with E-state index in [0.717, 1.165) is 43.3 Å². The molecule has 1 aliphatic heterocycles. The van der Waals surface area contributed by atoms with Gasteiger partial charge in [0.05, 0.1) is 12.9 Å². The molecule has 1 aliphatic rings. The van der Waals surface area contributed by atoms with Crippen molar-refractivity contribution >= 4 is 12.2 Å². The third-order valence-electron chi connectivity index (χ3n) is 5.29. The van der Waals surface area contributed by atoms with Crippen LogP contribution in [0.5, 0.6) is 5.75 Å². The number of ether oxygens (including phenoxy) is 1. The molecule has 0 saturated carbocycles. The van der Waals surface area contributed by atoms with E-state index < -0.39 is 0 Å². The second-order valence-electron chi connectivity index (χ2n) is 7.49. The average Bonchev–Trinajstić information content (AvgIpc) is 3.31. The highest BCUT2D eigenvalue weighted by atomic mass is 32.1. The number of aromatic nitrogens is 3. The summed E-state index contributed by atoms with van der Waals surface area (Å²) in [6.07, 6.45) is 3.90. The number of aryl methyl sites for hydroxylation is 2. The lowest BCUT2D eigenvalue weighted by Gasteiger charge is -2.32. The highest BCUT2D eigenvalue weighted by Crippen LogP contribution is 2.24. The zero-order valence-corrected chi connectivity index (χ0v) is 17.4. The summed E-state index contributed by atoms with van der Waals surface area (Å²) in [7, 11) is 1.92. The number of piperidine rings is 1. The van der Waals surface area contributed by atoms with Crippen molar-refractivity contribution in [2.45, 2.75) is 39.5 Å². The lowest BCUT2D eigenvalue weighted by molar-refractivity contribution is 0.0797. The Morgan fingerprint density at radius 1 is 1.21 bits per heavy atom. The van der Waals surface area contributed by atoms with Crippen LogP contribution >= 0.6 is 12.2 Å². The second kappa shape index (κ2) is 7.93. The molecule has 3 aromatic rings. The maximum atomic E-state index is 6.28. The smallest absolute Gasteiger partial charge is 0.199 e. The van der Waals surface area contributed by atoms with Crippen LogP contribution in [0.2, 0.25) is 0 Å². The first-order valence-corrected chi connectivity index (χ1v) is 10.1. The van der Waals surface area contributed by atoms with Crippen molar-refractivity contribution < 1.29 is 9.15 Å². The Morgan fingerprint density at radius 2 is 2.00 bits per heavy atom. The van der Waals surface area contributed by atoms with E-state index in [0.29, 0.717) is 11.4 Å². The van der Waals surface area contributed by atoms with Crippen molar-refractivity contribution in [3.63, 3.8) is 0 Å². The summed E-state index contributed by atoms with van der Waals surface area (Å²) < 4.78 is 16.2. The molecule has 2 aromatic heterocycles. The molecule has 6 nitrogen and oxygen atoms in total. The fraction of sp³-hybridized carbons (Fsp3) is 0.429. The molecule has 0 N–H and O–H groups in total. The summed E-state index contributed by atoms with van der Waals surface area (Å²) in [5, 5.41) is 4.66. The van der Waals surface area contributed by atoms with Gasteiger partial charge in [-0.05, 0) is 68.2 Å². The molecule has 0 atom stereocenters. The Bertz CT molecular complexity index is 998. The lowest BCUT2D eigenvalue weighted by atomic mass is 10.1. The van der Waals surface area contributed by atoms with Crippen LogP contribution in [0.3, 0.4) is 0 Å². The Balaban J connectivity index is 1.38. The van der Waals surface area contributed by atoms with Gasteiger partial charge in [-0.2, -0.15) is 0 Å². The lowest BCUT2D eigenvalue weighted by Crippen LogP contribution is -2.39. The van der Waals surface area contributed by atoms with Gasteiger partial charge in [-0.25, -0.2) is 4.68 Å². The van der Waals surface area contributed by atoms with E-state index in [9.17, 15) is 0 Å². The second-order valence-corrected chi connectivity index (χ2v) is 7.85. The fourth-order valence-electron chi connectivity index (χ4n) is 3.57. The summed E-state index contributed by atoms with van der Waals surface area (Å²) in [6.45, 7) is 6.81. The average molecular weight is 399 g/mol. The molecule has 0 radical (unpaired) electrons. The van der Waals surface area contributed by atoms with Gasteiger partial charge in [-0.15, -0.1) is 5.10 Å². The third kappa shape index (κ3) is 3.91. The SMILES string of the molecule is Cc1ccc(C)c(OC2CCN(Cn3nc(-c4ccco4)n(C)c3=S)CC2)c1. The van der Waals surface area contributed by atoms with E-state index >= 15 is 0 Å². The molecule has 1 aromatic carbocycles. The summed E-state index contributed by atoms with van der Waals surface area (Å²) in [6, 6.07) is 10.1. The van der Waals surface area contributed by atoms with Gasteiger partial charge in [0, 0.05) is 20.1 Å². The summed E-state index contributed by atoms with van der Waals surface area (Å²) in [5.41, 5.74) is 2.42. The van der Waals surface area contributed by atoms with E-state index in [1.807, 2.05) is 28.4 Å². The molecule has 3 heterocycles. The maximum absolute atomic E-state index is 6.28. The molecule has 0 aliphatic carbocycles. The van der Waals surface area contributed by atoms with Gasteiger partial charge < -0.3 is 13.7 Å². The number of hydrogen-bond acceptors (Lipinski definition) is 5. The number of benzene rings is 1. The zero-order valence-electron chi connectivity index (χ0n) is 16.6. The van der Waals surface area contributed by atoms with E-state index in [1.165, 1.54) is 11.1 Å². The fourth-order valence-corrected chi connectivity index (χ4v) is 3.76. The molecule has 28 heavy (non-hydrogen) atoms. The van der Waals surface area contributed by atoms with Crippen LogP contribution in [-0.2, 0) is 13.7 Å². The molecule has 1 saturated heterocycles. The monoisotopic (exact) mass is 398 g/mol. The van der Waals surface area contributed by atoms with Gasteiger partial charge in [0.15, 0.2) is 16.4 Å². The van der Waals surface area contributed by atoms with Gasteiger partial charge in [-0.1, -0.05) is 12.1 Å². The van der Waals surface area contributed by atoms with E-state index in [1.54, 1.807) is 6.26 Å². The molecule has 7 heteroatoms. The number of likely N-dealkylation sites (tertiary alicyclic amines) is 1. The maximum Gasteiger partial charge on any atom is 0.199 e. The van der Waals surface area contributed by atoms with Crippen LogP contribution in [-0.4, -0.2) is 38.4 Å². The molecule has 0 amide bonds. The van der Waals surface area contributed by atoms with Crippen molar-refractivity contribution in [2.24, 2.45) is 7.05 Å². The van der Waals surface area contributed by atoms with Crippen LogP contribution in [0, 0.1) is 18.6 Å². The third-order valence-corrected chi connectivity index (χ3v) is 5.77. The first-order chi connectivity index (χ1) is 13.5. The Kier molecular flexibility index (Phi) is 5.37. The molecule has 0 bridgehead atoms. The van der Waals surface area contributed by atoms with E-state index in [4.69, 9.17) is 21.4 Å². The van der Waals surface area contributed by atoms with Gasteiger partial charge in [-0.3, -0.25) is 4.90 Å². The Hall–Kier alpha value is -2.38. The molecule has 0 spiro atoms. The van der Waals surface area contributed by atoms with Crippen molar-refractivity contribution in [1.82, 2.24) is 19.2 Å². The van der Waals surface area contributed by atoms with Gasteiger partial charge in [0.1, 0.15) is 11.9 Å². The van der Waals surface area contributed by atoms with E-state index in [-0.39, 0.29) is 6.10 Å². The number of nitrogens with zero attached hydrogens (tertiary/aromatic N) is 4. The Labute approximate surface area is 170 Å². The normalized spacial score (nSPS) is 15.8. The van der Waals surface area contributed by atoms with E-state index in [2.05, 4.69) is 42.0 Å². The molecule has 148 valence electrons. The van der Waals surface area contributed by atoms with Crippen LogP contribution in [0.15, 0.2) is 41.0 Å². The summed E-state index contributed by atoms with van der Waals surface area (Å²) in [4.78, 5) is 2.37. The molecular formula is C21H26N4O2S. The van der Waals surface area contributed by atoms with Crippen LogP contribution in [0.4, 0.5) is 0 Å². The summed E-state index contributed by atoms with van der Waals surface area (Å²) >= 11 is 5.56. The molecular weight excluding hydrogens is 372 g/mol. The van der Waals surface area contributed by atoms with Gasteiger partial charge in [0.2, 0.25) is 0 Å². The van der Waals surface area contributed by atoms with Crippen molar-refractivity contribution in [3.8, 4) is 17.3 Å². The quantitative estimate of drug-likeness (QED) is 0.599. The molecule has 4 rings (SSSR count).